The topological polar surface area (TPSA) is 46.3 Å². The molecule has 2 N–H and O–H groups in total. The Morgan fingerprint density at radius 2 is 1.94 bits per heavy atom. The summed E-state index contributed by atoms with van der Waals surface area (Å²) in [4.78, 5) is 13.8. The summed E-state index contributed by atoms with van der Waals surface area (Å²) >= 11 is 0. The zero-order valence-corrected chi connectivity index (χ0v) is 11.0. The lowest BCUT2D eigenvalue weighted by atomic mass is 9.81. The van der Waals surface area contributed by atoms with Gasteiger partial charge in [0, 0.05) is 13.1 Å². The fourth-order valence-electron chi connectivity index (χ4n) is 3.15. The van der Waals surface area contributed by atoms with Gasteiger partial charge in [0.05, 0.1) is 6.04 Å². The minimum atomic E-state index is -0.227. The van der Waals surface area contributed by atoms with Crippen molar-refractivity contribution in [2.75, 3.05) is 13.1 Å². The van der Waals surface area contributed by atoms with Crippen molar-refractivity contribution in [1.29, 1.82) is 0 Å². The lowest BCUT2D eigenvalue weighted by molar-refractivity contribution is -0.135. The molecule has 2 aliphatic rings. The maximum absolute atomic E-state index is 11.9. The molecule has 0 radical (unpaired) electrons. The number of amides is 1. The van der Waals surface area contributed by atoms with Crippen LogP contribution >= 0.6 is 0 Å². The number of rotatable bonds is 3. The summed E-state index contributed by atoms with van der Waals surface area (Å²) in [6, 6.07) is -0.227. The van der Waals surface area contributed by atoms with Crippen molar-refractivity contribution in [3.05, 3.63) is 0 Å². The van der Waals surface area contributed by atoms with Gasteiger partial charge in [0.15, 0.2) is 0 Å². The highest BCUT2D eigenvalue weighted by atomic mass is 16.2. The molecule has 3 heteroatoms. The summed E-state index contributed by atoms with van der Waals surface area (Å²) < 4.78 is 0. The smallest absolute Gasteiger partial charge is 0.239 e. The number of nitrogens with zero attached hydrogens (tertiary/aromatic N) is 1. The maximum atomic E-state index is 11.9. The first kappa shape index (κ1) is 12.9. The highest BCUT2D eigenvalue weighted by molar-refractivity contribution is 5.82. The van der Waals surface area contributed by atoms with E-state index in [1.165, 1.54) is 32.1 Å². The number of carbonyl (C=O) groups is 1. The molecule has 3 nitrogen and oxygen atoms in total. The predicted octanol–water partition coefficient (Wildman–Crippen LogP) is 2.15. The molecule has 98 valence electrons. The molecule has 1 aliphatic carbocycles. The minimum absolute atomic E-state index is 0.181. The van der Waals surface area contributed by atoms with Crippen molar-refractivity contribution in [1.82, 2.24) is 4.90 Å². The molecular weight excluding hydrogens is 212 g/mol. The minimum Gasteiger partial charge on any atom is -0.341 e. The third kappa shape index (κ3) is 3.44. The molecule has 17 heavy (non-hydrogen) atoms. The third-order valence-corrected chi connectivity index (χ3v) is 4.51. The fraction of sp³-hybridized carbons (Fsp3) is 0.929. The number of hydrogen-bond acceptors (Lipinski definition) is 2. The van der Waals surface area contributed by atoms with Crippen molar-refractivity contribution < 1.29 is 4.79 Å². The van der Waals surface area contributed by atoms with Crippen LogP contribution < -0.4 is 5.73 Å². The van der Waals surface area contributed by atoms with Crippen LogP contribution in [-0.4, -0.2) is 29.9 Å². The van der Waals surface area contributed by atoms with E-state index in [1.54, 1.807) is 0 Å². The van der Waals surface area contributed by atoms with Crippen molar-refractivity contribution in [3.8, 4) is 0 Å². The Kier molecular flexibility index (Phi) is 4.43. The summed E-state index contributed by atoms with van der Waals surface area (Å²) in [6.07, 6.45) is 8.59. The molecule has 1 atom stereocenters. The number of piperidine rings is 1. The van der Waals surface area contributed by atoms with E-state index in [1.807, 2.05) is 4.90 Å². The highest BCUT2D eigenvalue weighted by Crippen LogP contribution is 2.30. The molecule has 0 aromatic carbocycles. The van der Waals surface area contributed by atoms with Gasteiger partial charge in [0.2, 0.25) is 5.91 Å². The Bertz CT molecular complexity index is 259. The second-order valence-electron chi connectivity index (χ2n) is 5.99. The molecule has 1 aliphatic heterocycles. The zero-order chi connectivity index (χ0) is 12.3. The van der Waals surface area contributed by atoms with Gasteiger partial charge in [0.1, 0.15) is 0 Å². The highest BCUT2D eigenvalue weighted by Gasteiger charge is 2.26. The summed E-state index contributed by atoms with van der Waals surface area (Å²) in [5.74, 6) is 1.94. The molecule has 2 fully saturated rings. The monoisotopic (exact) mass is 238 g/mol. The number of hydrogen-bond donors (Lipinski definition) is 1. The number of nitrogens with two attached hydrogens (primary N) is 1. The third-order valence-electron chi connectivity index (χ3n) is 4.51. The normalized spacial score (nSPS) is 35.1. The van der Waals surface area contributed by atoms with Gasteiger partial charge >= 0.3 is 0 Å². The van der Waals surface area contributed by atoms with Crippen LogP contribution in [0.2, 0.25) is 0 Å². The van der Waals surface area contributed by atoms with Crippen LogP contribution in [0.3, 0.4) is 0 Å². The van der Waals surface area contributed by atoms with Crippen LogP contribution in [-0.2, 0) is 4.79 Å². The van der Waals surface area contributed by atoms with E-state index in [2.05, 4.69) is 6.92 Å². The van der Waals surface area contributed by atoms with E-state index >= 15 is 0 Å². The molecule has 2 rings (SSSR count). The van der Waals surface area contributed by atoms with E-state index in [0.29, 0.717) is 0 Å². The van der Waals surface area contributed by atoms with Crippen LogP contribution in [0.15, 0.2) is 0 Å². The molecular formula is C14H26N2O. The second-order valence-corrected chi connectivity index (χ2v) is 5.99. The van der Waals surface area contributed by atoms with Gasteiger partial charge in [-0.2, -0.15) is 0 Å². The molecule has 0 aromatic heterocycles. The SMILES string of the molecule is CC1CCC(CCN2CCCC(N)C2=O)CC1. The van der Waals surface area contributed by atoms with Crippen LogP contribution in [0, 0.1) is 11.8 Å². The average molecular weight is 238 g/mol. The van der Waals surface area contributed by atoms with E-state index in [-0.39, 0.29) is 11.9 Å². The van der Waals surface area contributed by atoms with Crippen molar-refractivity contribution in [2.24, 2.45) is 17.6 Å². The van der Waals surface area contributed by atoms with Crippen molar-refractivity contribution in [3.63, 3.8) is 0 Å². The van der Waals surface area contributed by atoms with Crippen molar-refractivity contribution >= 4 is 5.91 Å². The lowest BCUT2D eigenvalue weighted by Crippen LogP contribution is -2.48. The first-order valence-electron chi connectivity index (χ1n) is 7.21. The van der Waals surface area contributed by atoms with Gasteiger partial charge in [-0.05, 0) is 31.1 Å². The summed E-state index contributed by atoms with van der Waals surface area (Å²) in [7, 11) is 0. The molecule has 0 spiro atoms. The first-order valence-corrected chi connectivity index (χ1v) is 7.21. The van der Waals surface area contributed by atoms with Gasteiger partial charge in [-0.15, -0.1) is 0 Å². The predicted molar refractivity (Wildman–Crippen MR) is 69.5 cm³/mol. The Hall–Kier alpha value is -0.570. The number of likely N-dealkylation sites (tertiary alicyclic amines) is 1. The molecule has 0 bridgehead atoms. The van der Waals surface area contributed by atoms with Gasteiger partial charge in [-0.3, -0.25) is 4.79 Å². The largest absolute Gasteiger partial charge is 0.341 e. The Labute approximate surface area is 105 Å². The van der Waals surface area contributed by atoms with Gasteiger partial charge in [-0.25, -0.2) is 0 Å². The van der Waals surface area contributed by atoms with E-state index < -0.39 is 0 Å². The summed E-state index contributed by atoms with van der Waals surface area (Å²) in [5.41, 5.74) is 5.80. The molecule has 1 unspecified atom stereocenters. The van der Waals surface area contributed by atoms with Crippen LogP contribution in [0.1, 0.15) is 51.9 Å². The van der Waals surface area contributed by atoms with Crippen LogP contribution in [0.4, 0.5) is 0 Å². The van der Waals surface area contributed by atoms with Gasteiger partial charge < -0.3 is 10.6 Å². The second kappa shape index (κ2) is 5.85. The Balaban J connectivity index is 1.72. The standard InChI is InChI=1S/C14H26N2O/c1-11-4-6-12(7-5-11)8-10-16-9-2-3-13(15)14(16)17/h11-13H,2-10,15H2,1H3. The van der Waals surface area contributed by atoms with Crippen LogP contribution in [0.25, 0.3) is 0 Å². The molecule has 0 aromatic rings. The van der Waals surface area contributed by atoms with Crippen LogP contribution in [0.5, 0.6) is 0 Å². The van der Waals surface area contributed by atoms with Gasteiger partial charge in [0.25, 0.3) is 0 Å². The lowest BCUT2D eigenvalue weighted by Gasteiger charge is -2.33. The van der Waals surface area contributed by atoms with E-state index in [9.17, 15) is 4.79 Å². The van der Waals surface area contributed by atoms with Crippen molar-refractivity contribution in [2.45, 2.75) is 57.9 Å². The van der Waals surface area contributed by atoms with E-state index in [0.717, 1.165) is 37.8 Å². The summed E-state index contributed by atoms with van der Waals surface area (Å²) in [5, 5.41) is 0. The molecule has 1 heterocycles. The molecule has 1 saturated carbocycles. The molecule has 1 saturated heterocycles. The Morgan fingerprint density at radius 3 is 2.65 bits per heavy atom. The summed E-state index contributed by atoms with van der Waals surface area (Å²) in [6.45, 7) is 4.21. The molecule has 1 amide bonds. The Morgan fingerprint density at radius 1 is 1.24 bits per heavy atom. The van der Waals surface area contributed by atoms with E-state index in [4.69, 9.17) is 5.73 Å². The maximum Gasteiger partial charge on any atom is 0.239 e. The number of carbonyl (C=O) groups excluding carboxylic acids is 1. The fourth-order valence-corrected chi connectivity index (χ4v) is 3.15. The average Bonchev–Trinajstić information content (AvgIpc) is 2.33. The zero-order valence-electron chi connectivity index (χ0n) is 11.0. The van der Waals surface area contributed by atoms with Gasteiger partial charge in [-0.1, -0.05) is 32.6 Å². The first-order chi connectivity index (χ1) is 8.16. The quantitative estimate of drug-likeness (QED) is 0.819.